The fourth-order valence-electron chi connectivity index (χ4n) is 0.687. The molecule has 0 spiro atoms. The van der Waals surface area contributed by atoms with Gasteiger partial charge < -0.3 is 15.3 Å². The molecule has 7 nitrogen and oxygen atoms in total. The Bertz CT molecular complexity index is 287. The number of nitrogens with zero attached hydrogens (tertiary/aromatic N) is 2. The highest BCUT2D eigenvalue weighted by Gasteiger charge is 2.17. The van der Waals surface area contributed by atoms with Gasteiger partial charge in [-0.2, -0.15) is 4.68 Å². The molecule has 1 aromatic rings. The number of carboxylic acid groups (broad SMARTS) is 1. The van der Waals surface area contributed by atoms with E-state index in [4.69, 9.17) is 20.5 Å². The smallest absolute Gasteiger partial charge is 0.452 e. The van der Waals surface area contributed by atoms with E-state index in [0.29, 0.717) is 4.68 Å². The Morgan fingerprint density at radius 3 is 2.08 bits per heavy atom. The lowest BCUT2D eigenvalue weighted by molar-refractivity contribution is 0.117. The molecule has 0 fully saturated rings. The fourth-order valence-corrected chi connectivity index (χ4v) is 0.687. The zero-order valence-electron chi connectivity index (χ0n) is 5.75. The molecule has 1 aromatic heterocycles. The van der Waals surface area contributed by atoms with Gasteiger partial charge in [0.25, 0.3) is 0 Å². The van der Waals surface area contributed by atoms with E-state index in [1.54, 1.807) is 0 Å². The van der Waals surface area contributed by atoms with Gasteiger partial charge in [-0.05, 0) is 0 Å². The maximum absolute atomic E-state index is 10.1. The fraction of sp³-hybridized carbons (Fsp3) is 0. The number of amides is 1. The predicted molar refractivity (Wildman–Crippen MR) is 35.8 cm³/mol. The van der Waals surface area contributed by atoms with Crippen LogP contribution in [0.25, 0.3) is 0 Å². The van der Waals surface area contributed by atoms with Gasteiger partial charge in [0.2, 0.25) is 11.8 Å². The van der Waals surface area contributed by atoms with Gasteiger partial charge in [0.05, 0.1) is 0 Å². The Hall–Kier alpha value is -1.89. The van der Waals surface area contributed by atoms with E-state index in [1.807, 2.05) is 0 Å². The summed E-state index contributed by atoms with van der Waals surface area (Å²) in [5.41, 5.74) is 0. The maximum atomic E-state index is 10.1. The molecular weight excluding hydrogens is 168 g/mol. The number of hydrogen-bond donors (Lipinski definition) is 4. The van der Waals surface area contributed by atoms with Gasteiger partial charge in [-0.3, -0.25) is 5.21 Å². The number of hydrogen-bond acceptors (Lipinski definition) is 4. The van der Waals surface area contributed by atoms with Gasteiger partial charge in [0.1, 0.15) is 0 Å². The Morgan fingerprint density at radius 2 is 1.75 bits per heavy atom. The first-order valence-corrected chi connectivity index (χ1v) is 2.86. The first kappa shape index (κ1) is 8.21. The third-order valence-electron chi connectivity index (χ3n) is 1.18. The van der Waals surface area contributed by atoms with Crippen LogP contribution in [0.15, 0.2) is 12.1 Å². The summed E-state index contributed by atoms with van der Waals surface area (Å²) in [4.78, 5) is 10.1. The SMILES string of the molecule is O=C(O)N(O)n1c(O)ccc1O. The van der Waals surface area contributed by atoms with Crippen LogP contribution < -0.4 is 5.17 Å². The highest BCUT2D eigenvalue weighted by atomic mass is 16.6. The summed E-state index contributed by atoms with van der Waals surface area (Å²) in [6, 6.07) is 2.06. The quantitative estimate of drug-likeness (QED) is 0.351. The largest absolute Gasteiger partial charge is 0.493 e. The second-order valence-corrected chi connectivity index (χ2v) is 1.93. The first-order chi connectivity index (χ1) is 5.54. The lowest BCUT2D eigenvalue weighted by Crippen LogP contribution is -2.35. The van der Waals surface area contributed by atoms with Crippen molar-refractivity contribution in [2.45, 2.75) is 0 Å². The number of hydroxylamine groups is 1. The molecule has 0 atom stereocenters. The molecule has 0 aliphatic heterocycles. The van der Waals surface area contributed by atoms with Crippen molar-refractivity contribution in [3.8, 4) is 11.8 Å². The number of carbonyl (C=O) groups is 1. The van der Waals surface area contributed by atoms with E-state index in [1.165, 1.54) is 0 Å². The molecule has 1 heterocycles. The van der Waals surface area contributed by atoms with Crippen LogP contribution in [0.5, 0.6) is 11.8 Å². The second-order valence-electron chi connectivity index (χ2n) is 1.93. The van der Waals surface area contributed by atoms with Gasteiger partial charge in [-0.15, -0.1) is 0 Å². The number of rotatable bonds is 1. The molecule has 0 bridgehead atoms. The van der Waals surface area contributed by atoms with Gasteiger partial charge in [0.15, 0.2) is 0 Å². The lowest BCUT2D eigenvalue weighted by Gasteiger charge is -2.12. The van der Waals surface area contributed by atoms with Crippen molar-refractivity contribution in [3.05, 3.63) is 12.1 Å². The topological polar surface area (TPSA) is 106 Å². The van der Waals surface area contributed by atoms with Crippen LogP contribution >= 0.6 is 0 Å². The first-order valence-electron chi connectivity index (χ1n) is 2.86. The summed E-state index contributed by atoms with van der Waals surface area (Å²) < 4.78 is 0.308. The monoisotopic (exact) mass is 174 g/mol. The van der Waals surface area contributed by atoms with Crippen LogP contribution in [-0.2, 0) is 0 Å². The van der Waals surface area contributed by atoms with Crippen molar-refractivity contribution in [1.29, 1.82) is 0 Å². The third kappa shape index (κ3) is 1.12. The van der Waals surface area contributed by atoms with Crippen molar-refractivity contribution < 1.29 is 25.3 Å². The zero-order chi connectivity index (χ0) is 9.30. The van der Waals surface area contributed by atoms with Crippen molar-refractivity contribution >= 4 is 6.09 Å². The van der Waals surface area contributed by atoms with Crippen LogP contribution in [-0.4, -0.2) is 31.3 Å². The Morgan fingerprint density at radius 1 is 1.33 bits per heavy atom. The van der Waals surface area contributed by atoms with Gasteiger partial charge >= 0.3 is 6.09 Å². The highest BCUT2D eigenvalue weighted by molar-refractivity contribution is 5.74. The average molecular weight is 174 g/mol. The molecule has 0 unspecified atom stereocenters. The van der Waals surface area contributed by atoms with Gasteiger partial charge in [0, 0.05) is 12.1 Å². The molecule has 0 saturated heterocycles. The standard InChI is InChI=1S/C5H6N2O5/c8-3-1-2-4(9)6(3)7(12)5(10)11/h1-2,8-9,12H,(H,10,11). The molecule has 0 saturated carbocycles. The van der Waals surface area contributed by atoms with Crippen LogP contribution in [0.1, 0.15) is 0 Å². The summed E-state index contributed by atoms with van der Waals surface area (Å²) in [6.07, 6.45) is -1.73. The molecule has 12 heavy (non-hydrogen) atoms. The molecule has 7 heteroatoms. The Labute approximate surface area is 66.2 Å². The van der Waals surface area contributed by atoms with Gasteiger partial charge in [-0.25, -0.2) is 4.79 Å². The minimum atomic E-state index is -1.73. The predicted octanol–water partition coefficient (Wildman–Crippen LogP) is -0.0955. The maximum Gasteiger partial charge on any atom is 0.452 e. The highest BCUT2D eigenvalue weighted by Crippen LogP contribution is 2.20. The summed E-state index contributed by atoms with van der Waals surface area (Å²) in [5.74, 6) is -1.17. The third-order valence-corrected chi connectivity index (χ3v) is 1.18. The molecule has 4 N–H and O–H groups in total. The summed E-state index contributed by atoms with van der Waals surface area (Å²) >= 11 is 0. The van der Waals surface area contributed by atoms with E-state index < -0.39 is 17.9 Å². The van der Waals surface area contributed by atoms with E-state index in [0.717, 1.165) is 12.1 Å². The van der Waals surface area contributed by atoms with E-state index in [-0.39, 0.29) is 5.17 Å². The molecule has 0 aromatic carbocycles. The molecule has 1 rings (SSSR count). The van der Waals surface area contributed by atoms with E-state index in [9.17, 15) is 4.79 Å². The van der Waals surface area contributed by atoms with Crippen LogP contribution in [0.2, 0.25) is 0 Å². The summed E-state index contributed by atoms with van der Waals surface area (Å²) in [7, 11) is 0. The minimum Gasteiger partial charge on any atom is -0.493 e. The number of aromatic nitrogens is 1. The Balaban J connectivity index is 3.08. The number of aromatic hydroxyl groups is 2. The van der Waals surface area contributed by atoms with E-state index in [2.05, 4.69) is 0 Å². The van der Waals surface area contributed by atoms with Gasteiger partial charge in [-0.1, -0.05) is 5.17 Å². The molecule has 0 aliphatic rings. The molecule has 1 amide bonds. The molecule has 0 radical (unpaired) electrons. The van der Waals surface area contributed by atoms with Crippen molar-refractivity contribution in [3.63, 3.8) is 0 Å². The average Bonchev–Trinajstić information content (AvgIpc) is 2.30. The lowest BCUT2D eigenvalue weighted by atomic mass is 10.6. The van der Waals surface area contributed by atoms with Crippen LogP contribution in [0, 0.1) is 0 Å². The van der Waals surface area contributed by atoms with Crippen LogP contribution in [0.3, 0.4) is 0 Å². The van der Waals surface area contributed by atoms with E-state index >= 15 is 0 Å². The summed E-state index contributed by atoms with van der Waals surface area (Å²) in [6.45, 7) is 0. The normalized spacial score (nSPS) is 9.75. The second kappa shape index (κ2) is 2.62. The zero-order valence-corrected chi connectivity index (χ0v) is 5.75. The summed E-state index contributed by atoms with van der Waals surface area (Å²) in [5, 5.41) is 34.4. The van der Waals surface area contributed by atoms with Crippen molar-refractivity contribution in [2.24, 2.45) is 0 Å². The molecular formula is C5H6N2O5. The van der Waals surface area contributed by atoms with Crippen molar-refractivity contribution in [2.75, 3.05) is 5.17 Å². The van der Waals surface area contributed by atoms with Crippen molar-refractivity contribution in [1.82, 2.24) is 4.68 Å². The Kier molecular flexibility index (Phi) is 1.80. The minimum absolute atomic E-state index is 0.308. The van der Waals surface area contributed by atoms with Crippen LogP contribution in [0.4, 0.5) is 4.79 Å². The molecule has 0 aliphatic carbocycles. The molecule has 66 valence electrons.